The Labute approximate surface area is 112 Å². The normalized spacial score (nSPS) is 10.8. The van der Waals surface area contributed by atoms with Crippen molar-refractivity contribution >= 4 is 24.0 Å². The number of rotatable bonds is 4. The van der Waals surface area contributed by atoms with Crippen LogP contribution in [0.4, 0.5) is 5.69 Å². The van der Waals surface area contributed by atoms with Crippen LogP contribution in [0.2, 0.25) is 0 Å². The van der Waals surface area contributed by atoms with Crippen molar-refractivity contribution in [2.45, 2.75) is 6.92 Å². The summed E-state index contributed by atoms with van der Waals surface area (Å²) in [5.41, 5.74) is 4.68. The molecule has 2 aromatic carbocycles. The second-order valence-electron chi connectivity index (χ2n) is 3.99. The molecule has 0 saturated heterocycles. The average molecular weight is 256 g/mol. The summed E-state index contributed by atoms with van der Waals surface area (Å²) in [6.07, 6.45) is 3.66. The second kappa shape index (κ2) is 6.26. The zero-order chi connectivity index (χ0) is 12.8. The molecule has 0 spiro atoms. The summed E-state index contributed by atoms with van der Waals surface area (Å²) in [5.74, 6) is 0. The molecule has 92 valence electrons. The molecule has 2 aromatic rings. The van der Waals surface area contributed by atoms with Gasteiger partial charge in [0.05, 0.1) is 12.0 Å². The van der Waals surface area contributed by atoms with Gasteiger partial charge in [-0.2, -0.15) is 0 Å². The fourth-order valence-corrected chi connectivity index (χ4v) is 1.80. The molecular weight excluding hydrogens is 240 g/mol. The molecule has 0 radical (unpaired) electrons. The first-order valence-corrected chi connectivity index (χ1v) is 7.00. The monoisotopic (exact) mass is 256 g/mol. The van der Waals surface area contributed by atoms with E-state index < -0.39 is 0 Å². The van der Waals surface area contributed by atoms with Crippen LogP contribution in [0.3, 0.4) is 0 Å². The predicted octanol–water partition coefficient (Wildman–Crippen LogP) is 4.19. The summed E-state index contributed by atoms with van der Waals surface area (Å²) in [7, 11) is 0. The van der Waals surface area contributed by atoms with Gasteiger partial charge in [-0.3, -0.25) is 0 Å². The number of nitrogens with one attached hydrogen (secondary N) is 1. The van der Waals surface area contributed by atoms with E-state index in [1.807, 2.05) is 18.4 Å². The van der Waals surface area contributed by atoms with Crippen LogP contribution in [0.15, 0.2) is 53.5 Å². The van der Waals surface area contributed by atoms with Crippen LogP contribution in [0.1, 0.15) is 5.56 Å². The Morgan fingerprint density at radius 1 is 0.944 bits per heavy atom. The van der Waals surface area contributed by atoms with E-state index in [2.05, 4.69) is 53.0 Å². The highest BCUT2D eigenvalue weighted by molar-refractivity contribution is 7.97. The summed E-state index contributed by atoms with van der Waals surface area (Å²) < 4.78 is 2.97. The maximum atomic E-state index is 4.29. The maximum Gasteiger partial charge on any atom is 0.0985 e. The zero-order valence-electron chi connectivity index (χ0n) is 10.6. The van der Waals surface area contributed by atoms with E-state index in [4.69, 9.17) is 0 Å². The molecule has 0 bridgehead atoms. The van der Waals surface area contributed by atoms with Gasteiger partial charge in [-0.05, 0) is 30.2 Å². The van der Waals surface area contributed by atoms with Crippen molar-refractivity contribution in [1.82, 2.24) is 4.72 Å². The van der Waals surface area contributed by atoms with Crippen molar-refractivity contribution in [1.29, 1.82) is 0 Å². The van der Waals surface area contributed by atoms with Crippen LogP contribution in [0.5, 0.6) is 0 Å². The molecule has 2 nitrogen and oxygen atoms in total. The molecule has 0 aromatic heterocycles. The number of hydrogen-bond donors (Lipinski definition) is 1. The molecule has 3 heteroatoms. The van der Waals surface area contributed by atoms with Gasteiger partial charge >= 0.3 is 0 Å². The van der Waals surface area contributed by atoms with E-state index >= 15 is 0 Å². The molecule has 0 fully saturated rings. The van der Waals surface area contributed by atoms with Crippen molar-refractivity contribution < 1.29 is 0 Å². The Morgan fingerprint density at radius 3 is 2.06 bits per heavy atom. The number of aliphatic imine (C=N–C) groups is 1. The minimum atomic E-state index is 0.951. The Morgan fingerprint density at radius 2 is 1.50 bits per heavy atom. The quantitative estimate of drug-likeness (QED) is 0.504. The molecular formula is C15H16N2S. The van der Waals surface area contributed by atoms with E-state index in [-0.39, 0.29) is 0 Å². The largest absolute Gasteiger partial charge is 0.321 e. The van der Waals surface area contributed by atoms with E-state index in [9.17, 15) is 0 Å². The SMILES string of the molecule is CSNC=Nc1ccc(-c2ccc(C)cc2)cc1. The summed E-state index contributed by atoms with van der Waals surface area (Å²) in [4.78, 5) is 4.29. The van der Waals surface area contributed by atoms with E-state index in [0.717, 1.165) is 5.69 Å². The molecule has 18 heavy (non-hydrogen) atoms. The van der Waals surface area contributed by atoms with E-state index in [1.54, 1.807) is 6.34 Å². The van der Waals surface area contributed by atoms with Crippen molar-refractivity contribution in [3.63, 3.8) is 0 Å². The van der Waals surface area contributed by atoms with Crippen molar-refractivity contribution in [2.24, 2.45) is 4.99 Å². The van der Waals surface area contributed by atoms with Gasteiger partial charge in [0.25, 0.3) is 0 Å². The third kappa shape index (κ3) is 3.37. The Bertz CT molecular complexity index is 515. The van der Waals surface area contributed by atoms with Crippen LogP contribution in [0, 0.1) is 6.92 Å². The van der Waals surface area contributed by atoms with Gasteiger partial charge in [0, 0.05) is 6.26 Å². The summed E-state index contributed by atoms with van der Waals surface area (Å²) in [5, 5.41) is 0. The van der Waals surface area contributed by atoms with Crippen LogP contribution in [-0.4, -0.2) is 12.6 Å². The first-order valence-electron chi connectivity index (χ1n) is 5.78. The molecule has 0 aliphatic rings. The van der Waals surface area contributed by atoms with Crippen molar-refractivity contribution in [3.8, 4) is 11.1 Å². The van der Waals surface area contributed by atoms with Gasteiger partial charge in [0.15, 0.2) is 0 Å². The summed E-state index contributed by atoms with van der Waals surface area (Å²) in [6, 6.07) is 16.8. The highest BCUT2D eigenvalue weighted by Gasteiger charge is 1.96. The number of hydrogen-bond acceptors (Lipinski definition) is 2. The van der Waals surface area contributed by atoms with Crippen LogP contribution >= 0.6 is 11.9 Å². The molecule has 0 amide bonds. The fourth-order valence-electron chi connectivity index (χ4n) is 1.64. The van der Waals surface area contributed by atoms with Crippen molar-refractivity contribution in [3.05, 3.63) is 54.1 Å². The molecule has 0 heterocycles. The molecule has 2 rings (SSSR count). The predicted molar refractivity (Wildman–Crippen MR) is 81.4 cm³/mol. The van der Waals surface area contributed by atoms with E-state index in [1.165, 1.54) is 28.6 Å². The first kappa shape index (κ1) is 12.7. The molecule has 0 atom stereocenters. The minimum Gasteiger partial charge on any atom is -0.321 e. The van der Waals surface area contributed by atoms with Crippen LogP contribution in [-0.2, 0) is 0 Å². The Balaban J connectivity index is 2.14. The lowest BCUT2D eigenvalue weighted by atomic mass is 10.0. The fraction of sp³-hybridized carbons (Fsp3) is 0.133. The van der Waals surface area contributed by atoms with Crippen LogP contribution < -0.4 is 4.72 Å². The third-order valence-electron chi connectivity index (χ3n) is 2.64. The molecule has 0 aliphatic heterocycles. The average Bonchev–Trinajstić information content (AvgIpc) is 2.41. The van der Waals surface area contributed by atoms with Gasteiger partial charge in [-0.25, -0.2) is 4.99 Å². The zero-order valence-corrected chi connectivity index (χ0v) is 11.4. The second-order valence-corrected chi connectivity index (χ2v) is 4.64. The highest BCUT2D eigenvalue weighted by atomic mass is 32.2. The number of nitrogens with zero attached hydrogens (tertiary/aromatic N) is 1. The van der Waals surface area contributed by atoms with Gasteiger partial charge in [-0.1, -0.05) is 53.9 Å². The summed E-state index contributed by atoms with van der Waals surface area (Å²) in [6.45, 7) is 2.10. The first-order chi connectivity index (χ1) is 8.79. The highest BCUT2D eigenvalue weighted by Crippen LogP contribution is 2.22. The van der Waals surface area contributed by atoms with Gasteiger partial charge < -0.3 is 4.72 Å². The molecule has 0 unspecified atom stereocenters. The third-order valence-corrected chi connectivity index (χ3v) is 2.98. The standard InChI is InChI=1S/C15H16N2S/c1-12-3-5-13(6-4-12)14-7-9-15(10-8-14)16-11-17-18-2/h3-11H,1-2H3,(H,16,17). The van der Waals surface area contributed by atoms with Crippen molar-refractivity contribution in [2.75, 3.05) is 6.26 Å². The van der Waals surface area contributed by atoms with Gasteiger partial charge in [0.1, 0.15) is 0 Å². The smallest absolute Gasteiger partial charge is 0.0985 e. The topological polar surface area (TPSA) is 24.4 Å². The molecule has 0 saturated carbocycles. The van der Waals surface area contributed by atoms with Gasteiger partial charge in [0.2, 0.25) is 0 Å². The lowest BCUT2D eigenvalue weighted by Gasteiger charge is -2.02. The number of aryl methyl sites for hydroxylation is 1. The summed E-state index contributed by atoms with van der Waals surface area (Å²) >= 11 is 1.52. The minimum absolute atomic E-state index is 0.951. The molecule has 1 N–H and O–H groups in total. The lowest BCUT2D eigenvalue weighted by Crippen LogP contribution is -1.95. The van der Waals surface area contributed by atoms with Crippen LogP contribution in [0.25, 0.3) is 11.1 Å². The van der Waals surface area contributed by atoms with E-state index in [0.29, 0.717) is 0 Å². The van der Waals surface area contributed by atoms with Gasteiger partial charge in [-0.15, -0.1) is 0 Å². The molecule has 0 aliphatic carbocycles. The number of benzene rings is 2. The lowest BCUT2D eigenvalue weighted by molar-refractivity contribution is 1.45. The Hall–Kier alpha value is -1.74. The Kier molecular flexibility index (Phi) is 4.42. The maximum absolute atomic E-state index is 4.29.